The van der Waals surface area contributed by atoms with Crippen molar-refractivity contribution in [2.75, 3.05) is 22.7 Å². The zero-order valence-electron chi connectivity index (χ0n) is 21.5. The van der Waals surface area contributed by atoms with E-state index in [0.717, 1.165) is 12.5 Å². The molecule has 4 rings (SSSR count). The fourth-order valence-electron chi connectivity index (χ4n) is 4.61. The van der Waals surface area contributed by atoms with Gasteiger partial charge >= 0.3 is 12.1 Å². The number of carboxylic acid groups (broad SMARTS) is 1. The predicted octanol–water partition coefficient (Wildman–Crippen LogP) is 5.61. The second kappa shape index (κ2) is 10.8. The maximum atomic E-state index is 13.9. The number of benzene rings is 1. The first-order chi connectivity index (χ1) is 18.3. The molecule has 1 aromatic carbocycles. The third-order valence-corrected chi connectivity index (χ3v) is 8.36. The first kappa shape index (κ1) is 28.3. The van der Waals surface area contributed by atoms with E-state index in [0.29, 0.717) is 55.5 Å². The number of aliphatic carboxylic acids is 1. The fraction of sp³-hybridized carbons (Fsp3) is 0.370. The molecule has 1 fully saturated rings. The summed E-state index contributed by atoms with van der Waals surface area (Å²) < 4.78 is 70.4. The number of alkyl halides is 3. The van der Waals surface area contributed by atoms with Crippen LogP contribution in [0.1, 0.15) is 44.2 Å². The highest BCUT2D eigenvalue weighted by Gasteiger charge is 2.38. The Labute approximate surface area is 225 Å². The molecule has 1 aliphatic rings. The highest BCUT2D eigenvalue weighted by Crippen LogP contribution is 2.39. The molecule has 2 N–H and O–H groups in total. The van der Waals surface area contributed by atoms with Crippen LogP contribution in [-0.2, 0) is 27.4 Å². The third kappa shape index (κ3) is 6.16. The van der Waals surface area contributed by atoms with Crippen molar-refractivity contribution >= 4 is 27.6 Å². The summed E-state index contributed by atoms with van der Waals surface area (Å²) in [4.78, 5) is 21.2. The van der Waals surface area contributed by atoms with Crippen molar-refractivity contribution in [1.82, 2.24) is 9.97 Å². The molecule has 1 saturated heterocycles. The molecule has 3 aromatic rings. The predicted molar refractivity (Wildman–Crippen MR) is 141 cm³/mol. The quantitative estimate of drug-likeness (QED) is 0.367. The number of nitrogens with one attached hydrogen (secondary N) is 1. The van der Waals surface area contributed by atoms with Crippen LogP contribution >= 0.6 is 0 Å². The first-order valence-electron chi connectivity index (χ1n) is 12.5. The fourth-order valence-corrected chi connectivity index (χ4v) is 5.62. The Kier molecular flexibility index (Phi) is 7.87. The number of hydrogen-bond donors (Lipinski definition) is 2. The molecule has 0 spiro atoms. The van der Waals surface area contributed by atoms with E-state index < -0.39 is 33.1 Å². The van der Waals surface area contributed by atoms with Gasteiger partial charge in [0, 0.05) is 31.5 Å². The van der Waals surface area contributed by atoms with Gasteiger partial charge in [-0.2, -0.15) is 13.2 Å². The van der Waals surface area contributed by atoms with Crippen LogP contribution in [0.15, 0.2) is 59.8 Å². The number of sulfonamides is 1. The van der Waals surface area contributed by atoms with Gasteiger partial charge in [0.2, 0.25) is 0 Å². The lowest BCUT2D eigenvalue weighted by Crippen LogP contribution is -2.43. The second-order valence-corrected chi connectivity index (χ2v) is 11.5. The highest BCUT2D eigenvalue weighted by atomic mass is 32.2. The van der Waals surface area contributed by atoms with Crippen LogP contribution in [0.4, 0.5) is 24.8 Å². The van der Waals surface area contributed by atoms with Crippen LogP contribution in [0, 0.1) is 5.41 Å². The van der Waals surface area contributed by atoms with Gasteiger partial charge in [-0.1, -0.05) is 37.6 Å². The van der Waals surface area contributed by atoms with Crippen molar-refractivity contribution in [3.8, 4) is 11.1 Å². The lowest BCUT2D eigenvalue weighted by atomic mass is 9.80. The number of carboxylic acids is 1. The molecule has 2 aromatic heterocycles. The van der Waals surface area contributed by atoms with Crippen LogP contribution in [0.3, 0.4) is 0 Å². The lowest BCUT2D eigenvalue weighted by Gasteiger charge is -2.37. The number of piperidine rings is 1. The Balaban J connectivity index is 1.64. The van der Waals surface area contributed by atoms with Crippen molar-refractivity contribution in [3.63, 3.8) is 0 Å². The molecule has 8 nitrogen and oxygen atoms in total. The molecular weight excluding hydrogens is 533 g/mol. The van der Waals surface area contributed by atoms with Crippen LogP contribution in [-0.4, -0.2) is 42.6 Å². The van der Waals surface area contributed by atoms with E-state index >= 15 is 0 Å². The van der Waals surface area contributed by atoms with Crippen LogP contribution in [0.25, 0.3) is 11.1 Å². The molecular formula is C27H29F3N4O4S. The smallest absolute Gasteiger partial charge is 0.418 e. The largest absolute Gasteiger partial charge is 0.481 e. The van der Waals surface area contributed by atoms with Gasteiger partial charge in [0.15, 0.2) is 0 Å². The molecule has 1 aliphatic heterocycles. The van der Waals surface area contributed by atoms with Crippen molar-refractivity contribution in [2.24, 2.45) is 5.41 Å². The number of nitrogens with zero attached hydrogens (tertiary/aromatic N) is 3. The molecule has 0 radical (unpaired) electrons. The standard InChI is InChI=1S/C27H29F3N4O4S/c1-3-6-18-7-4-5-8-20(18)21-16-23(32-17-22(21)27(28,29)30)33-39(37,38)19-9-12-31-24(15-19)34-13-10-26(2,11-14-34)25(35)36/h4-5,7-9,12,15-17H,3,6,10-11,13-14H2,1-2H3,(H,32,33)(H,35,36). The van der Waals surface area contributed by atoms with Crippen molar-refractivity contribution in [1.29, 1.82) is 0 Å². The van der Waals surface area contributed by atoms with Gasteiger partial charge in [0.05, 0.1) is 15.9 Å². The van der Waals surface area contributed by atoms with Crippen LogP contribution in [0.2, 0.25) is 0 Å². The highest BCUT2D eigenvalue weighted by molar-refractivity contribution is 7.92. The SMILES string of the molecule is CCCc1ccccc1-c1cc(NS(=O)(=O)c2ccnc(N3CCC(C)(C(=O)O)CC3)c2)ncc1C(F)(F)F. The third-order valence-electron chi connectivity index (χ3n) is 7.01. The van der Waals surface area contributed by atoms with Crippen molar-refractivity contribution in [3.05, 3.63) is 66.0 Å². The summed E-state index contributed by atoms with van der Waals surface area (Å²) in [6.07, 6.45) is -0.709. The Morgan fingerprint density at radius 3 is 2.44 bits per heavy atom. The summed E-state index contributed by atoms with van der Waals surface area (Å²) in [6.45, 7) is 4.36. The van der Waals surface area contributed by atoms with Crippen LogP contribution < -0.4 is 9.62 Å². The molecule has 3 heterocycles. The minimum absolute atomic E-state index is 0.145. The molecule has 0 unspecified atom stereocenters. The monoisotopic (exact) mass is 562 g/mol. The second-order valence-electron chi connectivity index (χ2n) is 9.83. The summed E-state index contributed by atoms with van der Waals surface area (Å²) in [6, 6.07) is 10.5. The summed E-state index contributed by atoms with van der Waals surface area (Å²) in [5.74, 6) is -0.769. The van der Waals surface area contributed by atoms with Crippen molar-refractivity contribution < 1.29 is 31.5 Å². The topological polar surface area (TPSA) is 112 Å². The maximum absolute atomic E-state index is 13.9. The zero-order chi connectivity index (χ0) is 28.4. The van der Waals surface area contributed by atoms with Gasteiger partial charge in [-0.25, -0.2) is 18.4 Å². The normalized spacial score (nSPS) is 15.7. The number of anilines is 2. The first-order valence-corrected chi connectivity index (χ1v) is 13.9. The summed E-state index contributed by atoms with van der Waals surface area (Å²) >= 11 is 0. The summed E-state index contributed by atoms with van der Waals surface area (Å²) in [5.41, 5.74) is -0.907. The van der Waals surface area contributed by atoms with E-state index in [2.05, 4.69) is 14.7 Å². The van der Waals surface area contributed by atoms with Gasteiger partial charge < -0.3 is 10.0 Å². The molecule has 0 aliphatic carbocycles. The van der Waals surface area contributed by atoms with Gasteiger partial charge in [-0.3, -0.25) is 9.52 Å². The van der Waals surface area contributed by atoms with Crippen molar-refractivity contribution in [2.45, 2.75) is 50.6 Å². The Morgan fingerprint density at radius 2 is 1.79 bits per heavy atom. The molecule has 39 heavy (non-hydrogen) atoms. The average Bonchev–Trinajstić information content (AvgIpc) is 2.89. The van der Waals surface area contributed by atoms with Gasteiger partial charge in [0.1, 0.15) is 11.6 Å². The molecule has 0 atom stereocenters. The number of hydrogen-bond acceptors (Lipinski definition) is 6. The molecule has 0 amide bonds. The van der Waals surface area contributed by atoms with E-state index in [9.17, 15) is 31.5 Å². The summed E-state index contributed by atoms with van der Waals surface area (Å²) in [5, 5.41) is 9.45. The van der Waals surface area contributed by atoms with E-state index in [4.69, 9.17) is 0 Å². The Morgan fingerprint density at radius 1 is 1.10 bits per heavy atom. The molecule has 0 saturated carbocycles. The minimum atomic E-state index is -4.69. The Bertz CT molecular complexity index is 1470. The number of aromatic nitrogens is 2. The number of carbonyl (C=O) groups is 1. The van der Waals surface area contributed by atoms with Gasteiger partial charge in [-0.05, 0) is 55.0 Å². The van der Waals surface area contributed by atoms with Crippen LogP contribution in [0.5, 0.6) is 0 Å². The minimum Gasteiger partial charge on any atom is -0.481 e. The van der Waals surface area contributed by atoms with Gasteiger partial charge in [0.25, 0.3) is 10.0 Å². The number of pyridine rings is 2. The average molecular weight is 563 g/mol. The van der Waals surface area contributed by atoms with E-state index in [1.165, 1.54) is 18.3 Å². The number of halogens is 3. The maximum Gasteiger partial charge on any atom is 0.418 e. The van der Waals surface area contributed by atoms with E-state index in [1.54, 1.807) is 31.2 Å². The van der Waals surface area contributed by atoms with E-state index in [-0.39, 0.29) is 16.3 Å². The summed E-state index contributed by atoms with van der Waals surface area (Å²) in [7, 11) is -4.23. The number of rotatable bonds is 8. The zero-order valence-corrected chi connectivity index (χ0v) is 22.3. The number of aryl methyl sites for hydroxylation is 1. The molecule has 12 heteroatoms. The molecule has 208 valence electrons. The Hall–Kier alpha value is -3.67. The lowest BCUT2D eigenvalue weighted by molar-refractivity contribution is -0.149. The van der Waals surface area contributed by atoms with Gasteiger partial charge in [-0.15, -0.1) is 0 Å². The van der Waals surface area contributed by atoms with E-state index in [1.807, 2.05) is 11.8 Å². The molecule has 0 bridgehead atoms.